The normalized spacial score (nSPS) is 11.1. The Kier molecular flexibility index (Phi) is 6.49. The zero-order valence-corrected chi connectivity index (χ0v) is 18.0. The number of carbonyl (C=O) groups excluding carboxylic acids is 1. The number of nitrogens with zero attached hydrogens (tertiary/aromatic N) is 2. The van der Waals surface area contributed by atoms with E-state index in [0.29, 0.717) is 16.6 Å². The van der Waals surface area contributed by atoms with Crippen molar-refractivity contribution in [2.24, 2.45) is 0 Å². The average Bonchev–Trinajstić information content (AvgIpc) is 2.84. The number of benzene rings is 2. The number of rotatable bonds is 7. The number of pyridine rings is 2. The first-order chi connectivity index (χ1) is 16.5. The highest BCUT2D eigenvalue weighted by molar-refractivity contribution is 6.02. The van der Waals surface area contributed by atoms with E-state index in [-0.39, 0.29) is 29.6 Å². The quantitative estimate of drug-likeness (QED) is 0.391. The summed E-state index contributed by atoms with van der Waals surface area (Å²) in [7, 11) is 0. The van der Waals surface area contributed by atoms with Gasteiger partial charge in [0.25, 0.3) is 11.5 Å². The molecule has 0 aliphatic carbocycles. The highest BCUT2D eigenvalue weighted by atomic mass is 16.4. The van der Waals surface area contributed by atoms with Crippen molar-refractivity contribution < 1.29 is 19.8 Å². The molecule has 0 saturated heterocycles. The minimum Gasteiger partial charge on any atom is -0.505 e. The lowest BCUT2D eigenvalue weighted by Crippen LogP contribution is -2.27. The molecule has 34 heavy (non-hydrogen) atoms. The van der Waals surface area contributed by atoms with Gasteiger partial charge >= 0.3 is 5.97 Å². The molecule has 1 amide bonds. The summed E-state index contributed by atoms with van der Waals surface area (Å²) in [5.74, 6) is -2.17. The van der Waals surface area contributed by atoms with Gasteiger partial charge in [-0.05, 0) is 23.3 Å². The summed E-state index contributed by atoms with van der Waals surface area (Å²) in [5.41, 5.74) is 1.61. The Morgan fingerprint density at radius 1 is 1.03 bits per heavy atom. The van der Waals surface area contributed by atoms with Crippen molar-refractivity contribution in [3.63, 3.8) is 0 Å². The number of aromatic hydroxyl groups is 1. The van der Waals surface area contributed by atoms with Gasteiger partial charge in [0.2, 0.25) is 0 Å². The Morgan fingerprint density at radius 2 is 1.71 bits per heavy atom. The van der Waals surface area contributed by atoms with Crippen molar-refractivity contribution in [1.82, 2.24) is 14.9 Å². The van der Waals surface area contributed by atoms with Crippen LogP contribution in [0.3, 0.4) is 0 Å². The number of fused-ring (bicyclic) bond motifs is 1. The van der Waals surface area contributed by atoms with Gasteiger partial charge in [-0.15, -0.1) is 0 Å². The zero-order chi connectivity index (χ0) is 24.1. The van der Waals surface area contributed by atoms with E-state index < -0.39 is 17.6 Å². The number of hydrogen-bond acceptors (Lipinski definition) is 5. The molecule has 4 rings (SSSR count). The highest BCUT2D eigenvalue weighted by Gasteiger charge is 2.19. The van der Waals surface area contributed by atoms with Crippen LogP contribution in [-0.2, 0) is 4.79 Å². The fraction of sp³-hybridized carbons (Fsp3) is 0.0769. The van der Waals surface area contributed by atoms with Crippen molar-refractivity contribution >= 4 is 35.1 Å². The van der Waals surface area contributed by atoms with Crippen molar-refractivity contribution in [2.45, 2.75) is 6.42 Å². The molecule has 3 N–H and O–H groups in total. The molecule has 8 heteroatoms. The molecule has 0 aliphatic heterocycles. The molecule has 170 valence electrons. The van der Waals surface area contributed by atoms with Gasteiger partial charge in [-0.2, -0.15) is 0 Å². The van der Waals surface area contributed by atoms with Crippen LogP contribution in [0, 0.1) is 0 Å². The van der Waals surface area contributed by atoms with Gasteiger partial charge in [0, 0.05) is 23.7 Å². The lowest BCUT2D eigenvalue weighted by Gasteiger charge is -2.13. The first-order valence-corrected chi connectivity index (χ1v) is 10.5. The summed E-state index contributed by atoms with van der Waals surface area (Å²) in [6, 6.07) is 20.0. The van der Waals surface area contributed by atoms with Gasteiger partial charge in [0.05, 0.1) is 18.1 Å². The van der Waals surface area contributed by atoms with Gasteiger partial charge in [0.15, 0.2) is 11.4 Å². The Balaban J connectivity index is 1.87. The van der Waals surface area contributed by atoms with E-state index in [2.05, 4.69) is 10.3 Å². The second-order valence-corrected chi connectivity index (χ2v) is 7.48. The predicted octanol–water partition coefficient (Wildman–Crippen LogP) is 3.60. The smallest absolute Gasteiger partial charge is 0.305 e. The predicted molar refractivity (Wildman–Crippen MR) is 129 cm³/mol. The van der Waals surface area contributed by atoms with Crippen molar-refractivity contribution in [3.8, 4) is 16.9 Å². The van der Waals surface area contributed by atoms with Crippen molar-refractivity contribution in [2.75, 3.05) is 6.54 Å². The lowest BCUT2D eigenvalue weighted by molar-refractivity contribution is -0.136. The maximum absolute atomic E-state index is 13.4. The van der Waals surface area contributed by atoms with Crippen molar-refractivity contribution in [3.05, 3.63) is 94.5 Å². The van der Waals surface area contributed by atoms with Gasteiger partial charge in [0.1, 0.15) is 0 Å². The van der Waals surface area contributed by atoms with E-state index in [4.69, 9.17) is 5.11 Å². The van der Waals surface area contributed by atoms with E-state index in [1.54, 1.807) is 36.5 Å². The maximum Gasteiger partial charge on any atom is 0.305 e. The number of amides is 1. The third-order valence-corrected chi connectivity index (χ3v) is 5.21. The fourth-order valence-electron chi connectivity index (χ4n) is 3.51. The third kappa shape index (κ3) is 4.71. The molecule has 0 atom stereocenters. The standard InChI is InChI=1S/C26H21N3O5/c30-22(31)11-13-27-25(33)23-24(32)20-15-19(18-9-5-2-6-10-18)26(34)29(21(20)16-28-23)14-12-17-7-3-1-4-8-17/h1-10,12,14-16,32H,11,13H2,(H,27,33)(H,30,31). The fourth-order valence-corrected chi connectivity index (χ4v) is 3.51. The van der Waals surface area contributed by atoms with Crippen LogP contribution < -0.4 is 10.9 Å². The summed E-state index contributed by atoms with van der Waals surface area (Å²) in [6.07, 6.45) is 4.44. The van der Waals surface area contributed by atoms with Gasteiger partial charge in [-0.25, -0.2) is 4.98 Å². The number of aromatic nitrogens is 2. The molecule has 2 heterocycles. The highest BCUT2D eigenvalue weighted by Crippen LogP contribution is 2.30. The molecule has 0 radical (unpaired) electrons. The summed E-state index contributed by atoms with van der Waals surface area (Å²) >= 11 is 0. The average molecular weight is 455 g/mol. The van der Waals surface area contributed by atoms with Crippen LogP contribution in [0.15, 0.2) is 77.7 Å². The lowest BCUT2D eigenvalue weighted by atomic mass is 10.0. The van der Waals surface area contributed by atoms with Crippen LogP contribution in [-0.4, -0.2) is 38.2 Å². The van der Waals surface area contributed by atoms with E-state index in [1.807, 2.05) is 36.4 Å². The molecule has 0 spiro atoms. The first kappa shape index (κ1) is 22.5. The molecular weight excluding hydrogens is 434 g/mol. The van der Waals surface area contributed by atoms with Crippen LogP contribution in [0.4, 0.5) is 0 Å². The molecule has 0 unspecified atom stereocenters. The van der Waals surface area contributed by atoms with Crippen molar-refractivity contribution in [1.29, 1.82) is 0 Å². The second kappa shape index (κ2) is 9.83. The third-order valence-electron chi connectivity index (χ3n) is 5.21. The molecule has 0 fully saturated rings. The Bertz CT molecular complexity index is 1440. The number of nitrogens with one attached hydrogen (secondary N) is 1. The number of carbonyl (C=O) groups is 2. The molecule has 0 aliphatic rings. The molecule has 4 aromatic rings. The van der Waals surface area contributed by atoms with Crippen LogP contribution in [0.5, 0.6) is 5.75 Å². The maximum atomic E-state index is 13.4. The molecular formula is C26H21N3O5. The molecule has 2 aromatic heterocycles. The minimum absolute atomic E-state index is 0.109. The number of carboxylic acids is 1. The zero-order valence-electron chi connectivity index (χ0n) is 18.0. The van der Waals surface area contributed by atoms with E-state index >= 15 is 0 Å². The van der Waals surface area contributed by atoms with Crippen LogP contribution >= 0.6 is 0 Å². The Morgan fingerprint density at radius 3 is 2.38 bits per heavy atom. The van der Waals surface area contributed by atoms with Gasteiger partial charge in [-0.3, -0.25) is 19.0 Å². The Hall–Kier alpha value is -4.72. The summed E-state index contributed by atoms with van der Waals surface area (Å²) < 4.78 is 1.38. The number of carboxylic acid groups (broad SMARTS) is 1. The van der Waals surface area contributed by atoms with E-state index in [0.717, 1.165) is 5.56 Å². The van der Waals surface area contributed by atoms with Gasteiger partial charge < -0.3 is 15.5 Å². The summed E-state index contributed by atoms with van der Waals surface area (Å²) in [5, 5.41) is 22.4. The topological polar surface area (TPSA) is 122 Å². The van der Waals surface area contributed by atoms with E-state index in [9.17, 15) is 19.5 Å². The first-order valence-electron chi connectivity index (χ1n) is 10.5. The monoisotopic (exact) mass is 455 g/mol. The largest absolute Gasteiger partial charge is 0.505 e. The summed E-state index contributed by atoms with van der Waals surface area (Å²) in [6.45, 7) is -0.109. The molecule has 8 nitrogen and oxygen atoms in total. The summed E-state index contributed by atoms with van der Waals surface area (Å²) in [4.78, 5) is 40.7. The van der Waals surface area contributed by atoms with Gasteiger partial charge in [-0.1, -0.05) is 60.7 Å². The molecule has 2 aromatic carbocycles. The van der Waals surface area contributed by atoms with Crippen LogP contribution in [0.1, 0.15) is 22.5 Å². The Labute approximate surface area is 194 Å². The van der Waals surface area contributed by atoms with Crippen LogP contribution in [0.2, 0.25) is 0 Å². The molecule has 0 saturated carbocycles. The SMILES string of the molecule is O=C(O)CCNC(=O)c1ncc2c(cc(-c3ccccc3)c(=O)n2C=Cc2ccccc2)c1O. The van der Waals surface area contributed by atoms with E-state index in [1.165, 1.54) is 16.8 Å². The van der Waals surface area contributed by atoms with Crippen LogP contribution in [0.25, 0.3) is 34.3 Å². The minimum atomic E-state index is -1.06. The molecule has 0 bridgehead atoms. The second-order valence-electron chi connectivity index (χ2n) is 7.48. The number of aliphatic carboxylic acids is 1. The number of hydrogen-bond donors (Lipinski definition) is 3.